The molecule has 0 bridgehead atoms. The Kier molecular flexibility index (Phi) is 14.1. The van der Waals surface area contributed by atoms with Crippen molar-refractivity contribution >= 4 is 77.1 Å². The molecule has 0 aromatic heterocycles. The molecule has 6 aromatic rings. The molecule has 0 aliphatic carbocycles. The largest absolute Gasteiger partial charge is 0.377 e. The van der Waals surface area contributed by atoms with E-state index in [4.69, 9.17) is 15.1 Å². The Hall–Kier alpha value is -2.83. The highest BCUT2D eigenvalue weighted by atomic mass is 31.2. The lowest BCUT2D eigenvalue weighted by Crippen LogP contribution is -2.28. The average Bonchev–Trinajstić information content (AvgIpc) is 3.89. The van der Waals surface area contributed by atoms with E-state index in [-0.39, 0.29) is 15.8 Å². The Labute approximate surface area is 331 Å². The molecule has 6 heteroatoms. The third-order valence-electron chi connectivity index (χ3n) is 11.5. The standard InChI is InChI=1S/C24H26B2P2.C24H26P2/c25-27(21-11-4-1-5-12-21)19-10-17-24(27)18-20-28(26,22-13-6-2-7-14-22)23-15-8-3-9-16-23;1-4-11-21(12-5-1)25-19-10-17-24(25)18-20-26(22-13-6-2-7-14-22)23-15-8-3-9-16-23/h1-9,11-16,24H,10,17-20H2;1-9,11-16,24H,10,17-20H2/q+2;/t24-,27?;24-,25+/m11/s1. The zero-order valence-corrected chi connectivity index (χ0v) is 35.1. The van der Waals surface area contributed by atoms with Gasteiger partial charge in [-0.25, -0.2) is 0 Å². The van der Waals surface area contributed by atoms with Crippen LogP contribution in [0.4, 0.5) is 0 Å². The molecule has 0 N–H and O–H groups in total. The molecule has 0 amide bonds. The summed E-state index contributed by atoms with van der Waals surface area (Å²) >= 11 is 0. The molecule has 8 rings (SSSR count). The number of hydrogen-bond acceptors (Lipinski definition) is 0. The lowest BCUT2D eigenvalue weighted by atomic mass is 10.2. The maximum Gasteiger partial charge on any atom is 0.377 e. The first-order chi connectivity index (χ1) is 26.5. The molecule has 4 atom stereocenters. The Morgan fingerprint density at radius 2 is 1.06 bits per heavy atom. The van der Waals surface area contributed by atoms with Gasteiger partial charge in [-0.2, -0.15) is 0 Å². The van der Waals surface area contributed by atoms with Crippen molar-refractivity contribution in [2.45, 2.75) is 49.8 Å². The van der Waals surface area contributed by atoms with Crippen molar-refractivity contribution in [2.24, 2.45) is 0 Å². The van der Waals surface area contributed by atoms with Gasteiger partial charge in [-0.05, 0) is 117 Å². The average molecular weight is 774 g/mol. The zero-order chi connectivity index (χ0) is 37.1. The van der Waals surface area contributed by atoms with E-state index in [1.165, 1.54) is 77.1 Å². The molecule has 1 unspecified atom stereocenters. The SMILES string of the molecule is [B][P+](CC[C@H]1CCC[P+]1([B])c1ccccc1)(c1ccccc1)c1ccccc1.c1ccc(P(CC[C@H]2CCC[P@@]2c2ccccc2)c2ccccc2)cc1. The minimum absolute atomic E-state index is 0.0383. The van der Waals surface area contributed by atoms with Crippen molar-refractivity contribution in [2.75, 3.05) is 24.6 Å². The number of benzene rings is 6. The van der Waals surface area contributed by atoms with Crippen LogP contribution in [0, 0.1) is 0 Å². The summed E-state index contributed by atoms with van der Waals surface area (Å²) in [7, 11) is 10.6. The minimum atomic E-state index is -1.91. The van der Waals surface area contributed by atoms with Gasteiger partial charge < -0.3 is 0 Å². The lowest BCUT2D eigenvalue weighted by molar-refractivity contribution is 0.759. The van der Waals surface area contributed by atoms with Crippen LogP contribution in [0.15, 0.2) is 182 Å². The Morgan fingerprint density at radius 1 is 0.574 bits per heavy atom. The molecule has 54 heavy (non-hydrogen) atoms. The number of hydrogen-bond donors (Lipinski definition) is 0. The third kappa shape index (κ3) is 9.57. The van der Waals surface area contributed by atoms with Crippen molar-refractivity contribution < 1.29 is 0 Å². The van der Waals surface area contributed by atoms with Crippen LogP contribution >= 0.6 is 30.1 Å². The first kappa shape index (κ1) is 39.4. The quantitative estimate of drug-likeness (QED) is 0.0859. The van der Waals surface area contributed by atoms with E-state index in [9.17, 15) is 0 Å². The van der Waals surface area contributed by atoms with E-state index >= 15 is 0 Å². The van der Waals surface area contributed by atoms with Crippen LogP contribution in [0.3, 0.4) is 0 Å². The van der Waals surface area contributed by atoms with Crippen molar-refractivity contribution in [3.63, 3.8) is 0 Å². The van der Waals surface area contributed by atoms with E-state index in [2.05, 4.69) is 182 Å². The summed E-state index contributed by atoms with van der Waals surface area (Å²) in [6, 6.07) is 65.9. The van der Waals surface area contributed by atoms with Crippen LogP contribution in [0.1, 0.15) is 38.5 Å². The molecule has 2 aliphatic heterocycles. The molecule has 0 saturated carbocycles. The highest BCUT2D eigenvalue weighted by molar-refractivity contribution is 8.08. The summed E-state index contributed by atoms with van der Waals surface area (Å²) in [4.78, 5) is 0. The predicted molar refractivity (Wildman–Crippen MR) is 250 cm³/mol. The van der Waals surface area contributed by atoms with Crippen LogP contribution in [-0.4, -0.2) is 51.1 Å². The van der Waals surface area contributed by atoms with Gasteiger partial charge in [0.2, 0.25) is 0 Å². The third-order valence-corrected chi connectivity index (χ3v) is 24.7. The normalized spacial score (nSPS) is 21.0. The first-order valence-electron chi connectivity index (χ1n) is 19.7. The van der Waals surface area contributed by atoms with E-state index in [1.807, 2.05) is 0 Å². The van der Waals surface area contributed by atoms with Crippen molar-refractivity contribution in [1.82, 2.24) is 0 Å². The molecule has 2 saturated heterocycles. The molecule has 2 heterocycles. The first-order valence-corrected chi connectivity index (χ1v) is 27.0. The van der Waals surface area contributed by atoms with Crippen LogP contribution in [0.2, 0.25) is 0 Å². The van der Waals surface area contributed by atoms with Gasteiger partial charge >= 0.3 is 15.1 Å². The smallest absolute Gasteiger partial charge is 0.0721 e. The molecular weight excluding hydrogens is 722 g/mol. The minimum Gasteiger partial charge on any atom is -0.0721 e. The summed E-state index contributed by atoms with van der Waals surface area (Å²) in [5.74, 6) is 0. The number of rotatable bonds is 12. The van der Waals surface area contributed by atoms with Crippen LogP contribution in [-0.2, 0) is 0 Å². The van der Waals surface area contributed by atoms with Gasteiger partial charge in [-0.1, -0.05) is 154 Å². The molecule has 6 aromatic carbocycles. The van der Waals surface area contributed by atoms with Crippen molar-refractivity contribution in [3.05, 3.63) is 182 Å². The maximum atomic E-state index is 7.23. The fraction of sp³-hybridized carbons (Fsp3) is 0.250. The van der Waals surface area contributed by atoms with E-state index in [1.54, 1.807) is 5.30 Å². The second kappa shape index (κ2) is 19.4. The van der Waals surface area contributed by atoms with Gasteiger partial charge in [-0.15, -0.1) is 0 Å². The molecule has 2 fully saturated rings. The Morgan fingerprint density at radius 3 is 1.59 bits per heavy atom. The molecular formula is C48H52B2P4+2. The summed E-state index contributed by atoms with van der Waals surface area (Å²) in [6.45, 7) is 0. The summed E-state index contributed by atoms with van der Waals surface area (Å²) in [5.41, 5.74) is 1.50. The highest BCUT2D eigenvalue weighted by Gasteiger charge is 2.49. The monoisotopic (exact) mass is 774 g/mol. The van der Waals surface area contributed by atoms with E-state index < -0.39 is 14.3 Å². The Balaban J connectivity index is 0.000000167. The van der Waals surface area contributed by atoms with Gasteiger partial charge in [0.25, 0.3) is 0 Å². The molecule has 2 aliphatic rings. The summed E-state index contributed by atoms with van der Waals surface area (Å²) in [5, 5.41) is 8.64. The maximum absolute atomic E-state index is 7.23. The highest BCUT2D eigenvalue weighted by Crippen LogP contribution is 2.66. The fourth-order valence-corrected chi connectivity index (χ4v) is 21.1. The summed E-state index contributed by atoms with van der Waals surface area (Å²) in [6.07, 6.45) is 12.8. The molecule has 0 nitrogen and oxygen atoms in total. The van der Waals surface area contributed by atoms with Crippen LogP contribution in [0.25, 0.3) is 0 Å². The van der Waals surface area contributed by atoms with E-state index in [0.717, 1.165) is 18.2 Å². The molecule has 0 spiro atoms. The summed E-state index contributed by atoms with van der Waals surface area (Å²) < 4.78 is 0. The van der Waals surface area contributed by atoms with Crippen molar-refractivity contribution in [1.29, 1.82) is 0 Å². The predicted octanol–water partition coefficient (Wildman–Crippen LogP) is 10.2. The van der Waals surface area contributed by atoms with E-state index in [0.29, 0.717) is 5.66 Å². The molecule has 4 radical (unpaired) electrons. The van der Waals surface area contributed by atoms with Gasteiger partial charge in [0.1, 0.15) is 0 Å². The van der Waals surface area contributed by atoms with Gasteiger partial charge in [0, 0.05) is 19.7 Å². The topological polar surface area (TPSA) is 0 Å². The van der Waals surface area contributed by atoms with Gasteiger partial charge in [-0.3, -0.25) is 0 Å². The van der Waals surface area contributed by atoms with Crippen molar-refractivity contribution in [3.8, 4) is 0 Å². The zero-order valence-electron chi connectivity index (χ0n) is 31.5. The Bertz CT molecular complexity index is 1890. The van der Waals surface area contributed by atoms with Crippen LogP contribution in [0.5, 0.6) is 0 Å². The lowest BCUT2D eigenvalue weighted by Gasteiger charge is -2.29. The molecule has 268 valence electrons. The fourth-order valence-electron chi connectivity index (χ4n) is 8.57. The van der Waals surface area contributed by atoms with Gasteiger partial charge in [0.05, 0.1) is 27.7 Å². The second-order valence-corrected chi connectivity index (χ2v) is 26.5. The van der Waals surface area contributed by atoms with Gasteiger partial charge in [0.15, 0.2) is 0 Å². The second-order valence-electron chi connectivity index (χ2n) is 14.8. The van der Waals surface area contributed by atoms with Crippen LogP contribution < -0.4 is 31.8 Å².